The van der Waals surface area contributed by atoms with Gasteiger partial charge < -0.3 is 5.73 Å². The molecule has 2 rings (SSSR count). The summed E-state index contributed by atoms with van der Waals surface area (Å²) in [6.07, 6.45) is -0.800. The fourth-order valence-corrected chi connectivity index (χ4v) is 2.10. The summed E-state index contributed by atoms with van der Waals surface area (Å²) in [7, 11) is 0. The van der Waals surface area contributed by atoms with Gasteiger partial charge in [0.2, 0.25) is 0 Å². The molecule has 1 nitrogen and oxygen atoms in total. The maximum Gasteiger partial charge on any atom is 0.252 e. The molecule has 0 radical (unpaired) electrons. The molecule has 1 aromatic carbocycles. The zero-order valence-electron chi connectivity index (χ0n) is 8.36. The van der Waals surface area contributed by atoms with Crippen LogP contribution in [0.15, 0.2) is 18.2 Å². The molecule has 4 heteroatoms. The summed E-state index contributed by atoms with van der Waals surface area (Å²) in [6, 6.07) is 4.25. The minimum Gasteiger partial charge on any atom is -0.321 e. The standard InChI is InChI=1S/C11H12F3N/c1-7-2-8(4-9(12)3-7)10(15)5-11(13,14)6-10/h2-4H,5-6,15H2,1H3. The predicted molar refractivity (Wildman–Crippen MR) is 51.2 cm³/mol. The SMILES string of the molecule is Cc1cc(F)cc(C2(N)CC(F)(F)C2)c1. The van der Waals surface area contributed by atoms with Crippen LogP contribution in [0.2, 0.25) is 0 Å². The highest BCUT2D eigenvalue weighted by atomic mass is 19.3. The van der Waals surface area contributed by atoms with Gasteiger partial charge in [-0.1, -0.05) is 6.07 Å². The summed E-state index contributed by atoms with van der Waals surface area (Å²) in [5, 5.41) is 0. The minimum atomic E-state index is -2.70. The Bertz CT molecular complexity index is 373. The fourth-order valence-electron chi connectivity index (χ4n) is 2.10. The Morgan fingerprint density at radius 2 is 1.80 bits per heavy atom. The summed E-state index contributed by atoms with van der Waals surface area (Å²) in [6.45, 7) is 1.72. The highest BCUT2D eigenvalue weighted by Gasteiger charge is 2.55. The van der Waals surface area contributed by atoms with E-state index in [0.29, 0.717) is 11.1 Å². The van der Waals surface area contributed by atoms with Gasteiger partial charge in [0, 0.05) is 12.8 Å². The number of alkyl halides is 2. The van der Waals surface area contributed by atoms with Gasteiger partial charge in [0.1, 0.15) is 5.82 Å². The lowest BCUT2D eigenvalue weighted by Gasteiger charge is -2.45. The third-order valence-electron chi connectivity index (χ3n) is 2.77. The van der Waals surface area contributed by atoms with Gasteiger partial charge in [0.25, 0.3) is 5.92 Å². The highest BCUT2D eigenvalue weighted by Crippen LogP contribution is 2.49. The fraction of sp³-hybridized carbons (Fsp3) is 0.455. The number of rotatable bonds is 1. The smallest absolute Gasteiger partial charge is 0.252 e. The molecule has 1 fully saturated rings. The van der Waals surface area contributed by atoms with Crippen molar-refractivity contribution in [3.05, 3.63) is 35.1 Å². The van der Waals surface area contributed by atoms with Crippen molar-refractivity contribution in [3.8, 4) is 0 Å². The molecule has 0 bridgehead atoms. The molecule has 82 valence electrons. The second-order valence-electron chi connectivity index (χ2n) is 4.38. The van der Waals surface area contributed by atoms with Crippen molar-refractivity contribution in [3.63, 3.8) is 0 Å². The molecule has 0 aromatic heterocycles. The van der Waals surface area contributed by atoms with Gasteiger partial charge in [0.05, 0.1) is 5.54 Å². The van der Waals surface area contributed by atoms with Gasteiger partial charge in [-0.15, -0.1) is 0 Å². The van der Waals surface area contributed by atoms with E-state index in [1.54, 1.807) is 13.0 Å². The van der Waals surface area contributed by atoms with Crippen molar-refractivity contribution >= 4 is 0 Å². The van der Waals surface area contributed by atoms with Gasteiger partial charge in [-0.3, -0.25) is 0 Å². The lowest BCUT2D eigenvalue weighted by molar-refractivity contribution is -0.125. The van der Waals surface area contributed by atoms with Crippen LogP contribution in [0.3, 0.4) is 0 Å². The lowest BCUT2D eigenvalue weighted by Crippen LogP contribution is -2.55. The van der Waals surface area contributed by atoms with Crippen LogP contribution in [-0.4, -0.2) is 5.92 Å². The van der Waals surface area contributed by atoms with Crippen molar-refractivity contribution < 1.29 is 13.2 Å². The van der Waals surface area contributed by atoms with E-state index in [4.69, 9.17) is 5.73 Å². The molecule has 15 heavy (non-hydrogen) atoms. The van der Waals surface area contributed by atoms with E-state index in [-0.39, 0.29) is 0 Å². The monoisotopic (exact) mass is 215 g/mol. The summed E-state index contributed by atoms with van der Waals surface area (Å²) in [5.41, 5.74) is 5.89. The Hall–Kier alpha value is -1.03. The first-order valence-corrected chi connectivity index (χ1v) is 4.75. The van der Waals surface area contributed by atoms with Gasteiger partial charge >= 0.3 is 0 Å². The minimum absolute atomic E-state index is 0.400. The van der Waals surface area contributed by atoms with E-state index in [1.165, 1.54) is 12.1 Å². The number of hydrogen-bond donors (Lipinski definition) is 1. The molecule has 0 amide bonds. The molecule has 1 aliphatic rings. The van der Waals surface area contributed by atoms with Crippen LogP contribution >= 0.6 is 0 Å². The molecular weight excluding hydrogens is 203 g/mol. The Labute approximate surface area is 86.1 Å². The quantitative estimate of drug-likeness (QED) is 0.765. The molecule has 0 aliphatic heterocycles. The Morgan fingerprint density at radius 3 is 2.27 bits per heavy atom. The normalized spacial score (nSPS) is 22.2. The Morgan fingerprint density at radius 1 is 1.20 bits per heavy atom. The van der Waals surface area contributed by atoms with Crippen molar-refractivity contribution in [1.82, 2.24) is 0 Å². The molecule has 0 atom stereocenters. The first kappa shape index (κ1) is 10.5. The van der Waals surface area contributed by atoms with Crippen LogP contribution < -0.4 is 5.73 Å². The highest BCUT2D eigenvalue weighted by molar-refractivity contribution is 5.32. The Kier molecular flexibility index (Phi) is 2.08. The second kappa shape index (κ2) is 2.98. The lowest BCUT2D eigenvalue weighted by atomic mass is 9.69. The molecule has 0 saturated heterocycles. The van der Waals surface area contributed by atoms with Gasteiger partial charge in [-0.05, 0) is 30.2 Å². The summed E-state index contributed by atoms with van der Waals surface area (Å²) < 4.78 is 38.6. The van der Waals surface area contributed by atoms with E-state index < -0.39 is 30.1 Å². The first-order valence-electron chi connectivity index (χ1n) is 4.75. The third-order valence-corrected chi connectivity index (χ3v) is 2.77. The molecule has 1 saturated carbocycles. The predicted octanol–water partition coefficient (Wildman–Crippen LogP) is 2.72. The van der Waals surface area contributed by atoms with Crippen LogP contribution in [0.1, 0.15) is 24.0 Å². The van der Waals surface area contributed by atoms with Crippen LogP contribution in [0.25, 0.3) is 0 Å². The van der Waals surface area contributed by atoms with Gasteiger partial charge in [-0.2, -0.15) is 0 Å². The summed E-state index contributed by atoms with van der Waals surface area (Å²) in [4.78, 5) is 0. The van der Waals surface area contributed by atoms with Crippen LogP contribution in [-0.2, 0) is 5.54 Å². The van der Waals surface area contributed by atoms with E-state index in [0.717, 1.165) is 0 Å². The van der Waals surface area contributed by atoms with E-state index in [2.05, 4.69) is 0 Å². The molecule has 0 unspecified atom stereocenters. The number of halogens is 3. The molecule has 1 aromatic rings. The van der Waals surface area contributed by atoms with Crippen LogP contribution in [0.5, 0.6) is 0 Å². The number of hydrogen-bond acceptors (Lipinski definition) is 1. The van der Waals surface area contributed by atoms with Crippen molar-refractivity contribution in [2.45, 2.75) is 31.2 Å². The van der Waals surface area contributed by atoms with E-state index in [1.807, 2.05) is 0 Å². The van der Waals surface area contributed by atoms with E-state index >= 15 is 0 Å². The number of aryl methyl sites for hydroxylation is 1. The first-order chi connectivity index (χ1) is 6.81. The molecule has 2 N–H and O–H groups in total. The molecule has 0 spiro atoms. The van der Waals surface area contributed by atoms with Gasteiger partial charge in [-0.25, -0.2) is 13.2 Å². The topological polar surface area (TPSA) is 26.0 Å². The molecule has 1 aliphatic carbocycles. The van der Waals surface area contributed by atoms with Gasteiger partial charge in [0.15, 0.2) is 0 Å². The summed E-state index contributed by atoms with van der Waals surface area (Å²) in [5.74, 6) is -3.13. The summed E-state index contributed by atoms with van der Waals surface area (Å²) >= 11 is 0. The third kappa shape index (κ3) is 1.86. The number of benzene rings is 1. The largest absolute Gasteiger partial charge is 0.321 e. The number of nitrogens with two attached hydrogens (primary N) is 1. The zero-order chi connectivity index (χ0) is 11.3. The average Bonchev–Trinajstić information content (AvgIpc) is 1.98. The maximum absolute atomic E-state index is 13.1. The average molecular weight is 215 g/mol. The van der Waals surface area contributed by atoms with Crippen molar-refractivity contribution in [2.75, 3.05) is 0 Å². The van der Waals surface area contributed by atoms with E-state index in [9.17, 15) is 13.2 Å². The zero-order valence-corrected chi connectivity index (χ0v) is 8.36. The van der Waals surface area contributed by atoms with Crippen molar-refractivity contribution in [2.24, 2.45) is 5.73 Å². The van der Waals surface area contributed by atoms with Crippen LogP contribution in [0.4, 0.5) is 13.2 Å². The molecular formula is C11H12F3N. The Balaban J connectivity index is 2.31. The van der Waals surface area contributed by atoms with Crippen LogP contribution in [0, 0.1) is 12.7 Å². The molecule has 0 heterocycles. The maximum atomic E-state index is 13.1. The second-order valence-corrected chi connectivity index (χ2v) is 4.38. The van der Waals surface area contributed by atoms with Crippen molar-refractivity contribution in [1.29, 1.82) is 0 Å².